The predicted octanol–water partition coefficient (Wildman–Crippen LogP) is 5.57. The zero-order chi connectivity index (χ0) is 26.7. The van der Waals surface area contributed by atoms with Gasteiger partial charge >= 0.3 is 0 Å². The third-order valence-electron chi connectivity index (χ3n) is 6.59. The number of phenols is 1. The van der Waals surface area contributed by atoms with Crippen LogP contribution in [0.25, 0.3) is 5.76 Å². The summed E-state index contributed by atoms with van der Waals surface area (Å²) in [6.07, 6.45) is 0. The lowest BCUT2D eigenvalue weighted by Gasteiger charge is -2.27. The summed E-state index contributed by atoms with van der Waals surface area (Å²) in [5.41, 5.74) is 2.99. The van der Waals surface area contributed by atoms with E-state index in [1.807, 2.05) is 38.1 Å². The molecule has 0 radical (unpaired) electrons. The summed E-state index contributed by atoms with van der Waals surface area (Å²) >= 11 is 0. The molecule has 0 bridgehead atoms. The molecule has 0 aliphatic carbocycles. The first-order valence-electron chi connectivity index (χ1n) is 12.5. The number of rotatable bonds is 8. The number of phenolic OH excluding ortho intramolecular Hbond substituents is 1. The number of ketones is 1. The number of carbonyl (C=O) groups excluding carboxylic acids is 2. The van der Waals surface area contributed by atoms with E-state index in [0.29, 0.717) is 23.5 Å². The number of benzene rings is 3. The van der Waals surface area contributed by atoms with Gasteiger partial charge in [0, 0.05) is 24.3 Å². The second-order valence-corrected chi connectivity index (χ2v) is 8.89. The number of aliphatic hydroxyl groups excluding tert-OH is 1. The van der Waals surface area contributed by atoms with Crippen LogP contribution in [0.5, 0.6) is 11.5 Å². The Kier molecular flexibility index (Phi) is 7.53. The van der Waals surface area contributed by atoms with Crippen LogP contribution >= 0.6 is 0 Å². The van der Waals surface area contributed by atoms with E-state index >= 15 is 0 Å². The van der Waals surface area contributed by atoms with E-state index in [1.54, 1.807) is 36.4 Å². The smallest absolute Gasteiger partial charge is 0.300 e. The van der Waals surface area contributed by atoms with Crippen LogP contribution in [0, 0.1) is 6.92 Å². The Labute approximate surface area is 217 Å². The number of ether oxygens (including phenoxy) is 1. The van der Waals surface area contributed by atoms with E-state index in [2.05, 4.69) is 18.7 Å². The first-order valence-corrected chi connectivity index (χ1v) is 12.5. The number of aromatic hydroxyl groups is 1. The van der Waals surface area contributed by atoms with Crippen LogP contribution < -0.4 is 14.5 Å². The fraction of sp³-hybridized carbons (Fsp3) is 0.267. The van der Waals surface area contributed by atoms with Crippen LogP contribution in [0.2, 0.25) is 0 Å². The van der Waals surface area contributed by atoms with Crippen molar-refractivity contribution in [3.05, 3.63) is 89.0 Å². The van der Waals surface area contributed by atoms with Crippen LogP contribution in [0.1, 0.15) is 43.5 Å². The van der Waals surface area contributed by atoms with Crippen molar-refractivity contribution in [2.24, 2.45) is 0 Å². The molecule has 1 aliphatic rings. The van der Waals surface area contributed by atoms with Crippen molar-refractivity contribution in [1.82, 2.24) is 0 Å². The SMILES string of the molecule is CCOc1cccc(/C(O)=C2\C(=O)C(=O)N(c3cc(C)ccc3O)C2c2ccc(N(CC)CC)cc2)c1. The number of aryl methyl sites for hydroxylation is 1. The van der Waals surface area contributed by atoms with Crippen LogP contribution in [0.4, 0.5) is 11.4 Å². The van der Waals surface area contributed by atoms with Crippen LogP contribution in [-0.4, -0.2) is 41.6 Å². The minimum Gasteiger partial charge on any atom is -0.507 e. The molecule has 3 aromatic carbocycles. The van der Waals surface area contributed by atoms with Gasteiger partial charge in [0.2, 0.25) is 0 Å². The first kappa shape index (κ1) is 25.8. The van der Waals surface area contributed by atoms with Gasteiger partial charge in [-0.05, 0) is 75.2 Å². The number of anilines is 2. The van der Waals surface area contributed by atoms with Gasteiger partial charge in [-0.3, -0.25) is 14.5 Å². The van der Waals surface area contributed by atoms with Crippen molar-refractivity contribution in [3.63, 3.8) is 0 Å². The van der Waals surface area contributed by atoms with E-state index in [9.17, 15) is 19.8 Å². The average molecular weight is 501 g/mol. The lowest BCUT2D eigenvalue weighted by Crippen LogP contribution is -2.29. The molecule has 1 unspecified atom stereocenters. The Morgan fingerprint density at radius 3 is 2.32 bits per heavy atom. The lowest BCUT2D eigenvalue weighted by molar-refractivity contribution is -0.132. The highest BCUT2D eigenvalue weighted by Crippen LogP contribution is 2.45. The first-order chi connectivity index (χ1) is 17.8. The number of Topliss-reactive ketones (excluding diaryl/α,β-unsaturated/α-hetero) is 1. The van der Waals surface area contributed by atoms with E-state index in [0.717, 1.165) is 24.3 Å². The highest BCUT2D eigenvalue weighted by molar-refractivity contribution is 6.52. The number of hydrogen-bond donors (Lipinski definition) is 2. The second kappa shape index (κ2) is 10.8. The van der Waals surface area contributed by atoms with Gasteiger partial charge in [-0.15, -0.1) is 0 Å². The standard InChI is InChI=1S/C30H32N2O5/c1-5-31(6-2)22-14-12-20(13-15-22)27-26(28(34)21-9-8-10-23(18-21)37-7-3)29(35)30(36)32(27)24-17-19(4)11-16-25(24)33/h8-18,27,33-34H,5-7H2,1-4H3/b28-26+. The Hall–Kier alpha value is -4.26. The number of nitrogens with zero attached hydrogens (tertiary/aromatic N) is 2. The number of hydrogen-bond acceptors (Lipinski definition) is 6. The van der Waals surface area contributed by atoms with Gasteiger partial charge in [0.25, 0.3) is 11.7 Å². The average Bonchev–Trinajstić information content (AvgIpc) is 3.16. The molecule has 1 fully saturated rings. The highest BCUT2D eigenvalue weighted by atomic mass is 16.5. The largest absolute Gasteiger partial charge is 0.507 e. The Morgan fingerprint density at radius 2 is 1.68 bits per heavy atom. The van der Waals surface area contributed by atoms with Crippen LogP contribution in [0.15, 0.2) is 72.3 Å². The molecular formula is C30H32N2O5. The van der Waals surface area contributed by atoms with Crippen molar-refractivity contribution >= 4 is 28.8 Å². The summed E-state index contributed by atoms with van der Waals surface area (Å²) in [5.74, 6) is -1.53. The quantitative estimate of drug-likeness (QED) is 0.239. The molecule has 3 aromatic rings. The van der Waals surface area contributed by atoms with Crippen LogP contribution in [0.3, 0.4) is 0 Å². The maximum atomic E-state index is 13.4. The molecule has 1 amide bonds. The van der Waals surface area contributed by atoms with Crippen molar-refractivity contribution < 1.29 is 24.5 Å². The predicted molar refractivity (Wildman–Crippen MR) is 145 cm³/mol. The van der Waals surface area contributed by atoms with Gasteiger partial charge in [0.1, 0.15) is 17.3 Å². The number of carbonyl (C=O) groups is 2. The monoisotopic (exact) mass is 500 g/mol. The molecule has 1 atom stereocenters. The van der Waals surface area contributed by atoms with Gasteiger partial charge in [0.05, 0.1) is 23.9 Å². The molecule has 37 heavy (non-hydrogen) atoms. The maximum Gasteiger partial charge on any atom is 0.300 e. The normalized spacial score (nSPS) is 16.8. The Morgan fingerprint density at radius 1 is 0.973 bits per heavy atom. The zero-order valence-electron chi connectivity index (χ0n) is 21.6. The number of amides is 1. The fourth-order valence-electron chi connectivity index (χ4n) is 4.73. The Bertz CT molecular complexity index is 1340. The third-order valence-corrected chi connectivity index (χ3v) is 6.59. The third kappa shape index (κ3) is 4.89. The van der Waals surface area contributed by atoms with Gasteiger partial charge in [0.15, 0.2) is 0 Å². The Balaban J connectivity index is 1.92. The molecule has 0 spiro atoms. The molecule has 192 valence electrons. The van der Waals surface area contributed by atoms with Crippen LogP contribution in [-0.2, 0) is 9.59 Å². The highest BCUT2D eigenvalue weighted by Gasteiger charge is 2.47. The zero-order valence-corrected chi connectivity index (χ0v) is 21.6. The summed E-state index contributed by atoms with van der Waals surface area (Å²) in [6, 6.07) is 18.3. The van der Waals surface area contributed by atoms with E-state index in [-0.39, 0.29) is 22.8 Å². The van der Waals surface area contributed by atoms with E-state index < -0.39 is 17.7 Å². The molecule has 0 saturated carbocycles. The molecular weight excluding hydrogens is 468 g/mol. The van der Waals surface area contributed by atoms with Crippen molar-refractivity contribution in [2.45, 2.75) is 33.7 Å². The maximum absolute atomic E-state index is 13.4. The van der Waals surface area contributed by atoms with Gasteiger partial charge < -0.3 is 19.8 Å². The van der Waals surface area contributed by atoms with Crippen molar-refractivity contribution in [1.29, 1.82) is 0 Å². The lowest BCUT2D eigenvalue weighted by atomic mass is 9.94. The molecule has 7 nitrogen and oxygen atoms in total. The summed E-state index contributed by atoms with van der Waals surface area (Å²) in [7, 11) is 0. The molecule has 1 heterocycles. The van der Waals surface area contributed by atoms with Crippen molar-refractivity contribution in [3.8, 4) is 11.5 Å². The summed E-state index contributed by atoms with van der Waals surface area (Å²) in [5, 5.41) is 22.1. The van der Waals surface area contributed by atoms with E-state index in [4.69, 9.17) is 4.74 Å². The molecule has 2 N–H and O–H groups in total. The molecule has 7 heteroatoms. The van der Waals surface area contributed by atoms with Gasteiger partial charge in [-0.25, -0.2) is 0 Å². The molecule has 0 aromatic heterocycles. The topological polar surface area (TPSA) is 90.3 Å². The molecule has 1 aliphatic heterocycles. The minimum atomic E-state index is -0.936. The van der Waals surface area contributed by atoms with Crippen molar-refractivity contribution in [2.75, 3.05) is 29.5 Å². The molecule has 1 saturated heterocycles. The van der Waals surface area contributed by atoms with E-state index in [1.165, 1.54) is 11.0 Å². The summed E-state index contributed by atoms with van der Waals surface area (Å²) in [6.45, 7) is 9.96. The number of aliphatic hydroxyl groups is 1. The second-order valence-electron chi connectivity index (χ2n) is 8.89. The van der Waals surface area contributed by atoms with Gasteiger partial charge in [-0.1, -0.05) is 30.3 Å². The fourth-order valence-corrected chi connectivity index (χ4v) is 4.73. The summed E-state index contributed by atoms with van der Waals surface area (Å²) < 4.78 is 5.56. The summed E-state index contributed by atoms with van der Waals surface area (Å²) in [4.78, 5) is 30.3. The minimum absolute atomic E-state index is 0.0462. The molecule has 4 rings (SSSR count). The van der Waals surface area contributed by atoms with Gasteiger partial charge in [-0.2, -0.15) is 0 Å².